The number of aromatic amines is 1. The number of halogens is 6. The lowest BCUT2D eigenvalue weighted by Gasteiger charge is -2.43. The number of carboxylic acid groups (broad SMARTS) is 1. The third-order valence-corrected chi connectivity index (χ3v) is 7.14. The number of rotatable bonds is 7. The molecule has 204 valence electrons. The van der Waals surface area contributed by atoms with Crippen LogP contribution in [-0.2, 0) is 23.9 Å². The van der Waals surface area contributed by atoms with Crippen molar-refractivity contribution >= 4 is 29.2 Å². The molecule has 0 aliphatic carbocycles. The Kier molecular flexibility index (Phi) is 7.67. The van der Waals surface area contributed by atoms with Gasteiger partial charge in [0.05, 0.1) is 21.7 Å². The third kappa shape index (κ3) is 5.75. The van der Waals surface area contributed by atoms with Crippen LogP contribution in [-0.4, -0.2) is 43.7 Å². The zero-order valence-electron chi connectivity index (χ0n) is 20.5. The van der Waals surface area contributed by atoms with Gasteiger partial charge in [0.2, 0.25) is 0 Å². The molecule has 0 bridgehead atoms. The topological polar surface area (TPSA) is 94.1 Å². The normalized spacial score (nSPS) is 20.5. The quantitative estimate of drug-likeness (QED) is 0.304. The van der Waals surface area contributed by atoms with Crippen molar-refractivity contribution in [2.24, 2.45) is 5.41 Å². The molecule has 3 heterocycles. The Hall–Kier alpha value is -3.25. The summed E-state index contributed by atoms with van der Waals surface area (Å²) in [5.74, 6) is -3.60. The molecule has 2 aromatic heterocycles. The summed E-state index contributed by atoms with van der Waals surface area (Å²) >= 11 is 5.87. The SMILES string of the molecule is Cc1cc(Nc2cc(C(F)(F)F)c(F)c(C[C@@]3(C(=O)O)CCN(Cc4cccc(Cl)c4F)[C@H](C)C3)n2)n[nH]1. The highest BCUT2D eigenvalue weighted by Crippen LogP contribution is 2.41. The highest BCUT2D eigenvalue weighted by Gasteiger charge is 2.46. The van der Waals surface area contributed by atoms with Crippen LogP contribution in [0, 0.1) is 24.0 Å². The Morgan fingerprint density at radius 2 is 2.00 bits per heavy atom. The van der Waals surface area contributed by atoms with Gasteiger partial charge in [-0.1, -0.05) is 23.7 Å². The van der Waals surface area contributed by atoms with Crippen molar-refractivity contribution in [3.05, 3.63) is 69.5 Å². The molecule has 3 N–H and O–H groups in total. The third-order valence-electron chi connectivity index (χ3n) is 6.85. The van der Waals surface area contributed by atoms with E-state index in [0.29, 0.717) is 17.3 Å². The first-order valence-corrected chi connectivity index (χ1v) is 12.1. The summed E-state index contributed by atoms with van der Waals surface area (Å²) in [6.07, 6.45) is -5.61. The average molecular weight is 558 g/mol. The Balaban J connectivity index is 1.63. The maximum absolute atomic E-state index is 15.1. The van der Waals surface area contributed by atoms with Gasteiger partial charge in [-0.2, -0.15) is 18.3 Å². The van der Waals surface area contributed by atoms with E-state index in [-0.39, 0.29) is 42.6 Å². The highest BCUT2D eigenvalue weighted by atomic mass is 35.5. The molecule has 1 aliphatic rings. The first kappa shape index (κ1) is 27.8. The smallest absolute Gasteiger partial charge is 0.419 e. The molecule has 0 saturated carbocycles. The van der Waals surface area contributed by atoms with Crippen LogP contribution in [0.5, 0.6) is 0 Å². The molecular formula is C25H25ClF5N5O2. The van der Waals surface area contributed by atoms with Crippen LogP contribution >= 0.6 is 11.6 Å². The van der Waals surface area contributed by atoms with Gasteiger partial charge in [-0.05, 0) is 45.4 Å². The summed E-state index contributed by atoms with van der Waals surface area (Å²) in [7, 11) is 0. The number of aromatic nitrogens is 3. The van der Waals surface area contributed by atoms with E-state index in [1.165, 1.54) is 12.1 Å². The fraction of sp³-hybridized carbons (Fsp3) is 0.400. The van der Waals surface area contributed by atoms with Crippen LogP contribution in [0.25, 0.3) is 0 Å². The maximum atomic E-state index is 15.1. The maximum Gasteiger partial charge on any atom is 0.419 e. The molecule has 1 fully saturated rings. The van der Waals surface area contributed by atoms with Gasteiger partial charge in [0.15, 0.2) is 11.6 Å². The van der Waals surface area contributed by atoms with E-state index in [1.54, 1.807) is 26.0 Å². The van der Waals surface area contributed by atoms with E-state index in [2.05, 4.69) is 20.5 Å². The first-order chi connectivity index (χ1) is 17.8. The number of hydrogen-bond donors (Lipinski definition) is 3. The van der Waals surface area contributed by atoms with Gasteiger partial charge in [-0.3, -0.25) is 14.8 Å². The number of aliphatic carboxylic acids is 1. The molecular weight excluding hydrogens is 533 g/mol. The summed E-state index contributed by atoms with van der Waals surface area (Å²) in [6, 6.07) is 6.25. The number of likely N-dealkylation sites (tertiary alicyclic amines) is 1. The van der Waals surface area contributed by atoms with Crippen LogP contribution < -0.4 is 5.32 Å². The molecule has 0 spiro atoms. The van der Waals surface area contributed by atoms with Crippen LogP contribution in [0.15, 0.2) is 30.3 Å². The minimum Gasteiger partial charge on any atom is -0.481 e. The first-order valence-electron chi connectivity index (χ1n) is 11.7. The standard InChI is InChI=1S/C25H25ClF5N5O2/c1-13-8-20(35-34-13)33-19-9-16(25(29,30)31)22(28)18(32-19)11-24(23(37)38)6-7-36(14(2)10-24)12-15-4-3-5-17(26)21(15)27/h3-5,8-9,14H,6-7,10-12H2,1-2H3,(H,37,38)(H2,32,33,34,35)/t14-,24-/m1/s1. The molecule has 2 atom stereocenters. The van der Waals surface area contributed by atoms with Gasteiger partial charge < -0.3 is 10.4 Å². The number of carboxylic acids is 1. The summed E-state index contributed by atoms with van der Waals surface area (Å²) < 4.78 is 70.6. The monoisotopic (exact) mass is 557 g/mol. The van der Waals surface area contributed by atoms with Crippen LogP contribution in [0.2, 0.25) is 5.02 Å². The van der Waals surface area contributed by atoms with Crippen molar-refractivity contribution in [1.29, 1.82) is 0 Å². The highest BCUT2D eigenvalue weighted by molar-refractivity contribution is 6.30. The fourth-order valence-electron chi connectivity index (χ4n) is 4.83. The number of nitrogens with zero attached hydrogens (tertiary/aromatic N) is 3. The van der Waals surface area contributed by atoms with Gasteiger partial charge in [0.1, 0.15) is 11.6 Å². The molecule has 7 nitrogen and oxygen atoms in total. The minimum atomic E-state index is -5.03. The van der Waals surface area contributed by atoms with Gasteiger partial charge >= 0.3 is 12.1 Å². The predicted octanol–water partition coefficient (Wildman–Crippen LogP) is 6.11. The molecule has 0 amide bonds. The lowest BCUT2D eigenvalue weighted by atomic mass is 9.72. The number of pyridine rings is 1. The number of H-pyrrole nitrogens is 1. The molecule has 1 aliphatic heterocycles. The summed E-state index contributed by atoms with van der Waals surface area (Å²) in [4.78, 5) is 18.3. The molecule has 0 radical (unpaired) electrons. The number of piperidine rings is 1. The Bertz CT molecular complexity index is 1350. The zero-order valence-corrected chi connectivity index (χ0v) is 21.2. The number of benzene rings is 1. The number of carbonyl (C=O) groups is 1. The van der Waals surface area contributed by atoms with Crippen molar-refractivity contribution in [2.75, 3.05) is 11.9 Å². The number of aryl methyl sites for hydroxylation is 1. The molecule has 4 rings (SSSR count). The fourth-order valence-corrected chi connectivity index (χ4v) is 5.03. The molecule has 38 heavy (non-hydrogen) atoms. The van der Waals surface area contributed by atoms with E-state index in [4.69, 9.17) is 11.6 Å². The predicted molar refractivity (Wildman–Crippen MR) is 130 cm³/mol. The van der Waals surface area contributed by atoms with Gasteiger partial charge in [-0.15, -0.1) is 0 Å². The Labute approximate surface area is 220 Å². The Morgan fingerprint density at radius 1 is 1.26 bits per heavy atom. The molecule has 3 aromatic rings. The number of nitrogens with one attached hydrogen (secondary N) is 2. The lowest BCUT2D eigenvalue weighted by molar-refractivity contribution is -0.153. The van der Waals surface area contributed by atoms with E-state index < -0.39 is 52.9 Å². The Morgan fingerprint density at radius 3 is 2.61 bits per heavy atom. The van der Waals surface area contributed by atoms with Crippen LogP contribution in [0.3, 0.4) is 0 Å². The van der Waals surface area contributed by atoms with Crippen LogP contribution in [0.4, 0.5) is 33.6 Å². The van der Waals surface area contributed by atoms with Gasteiger partial charge in [0.25, 0.3) is 0 Å². The van der Waals surface area contributed by atoms with E-state index in [9.17, 15) is 27.5 Å². The van der Waals surface area contributed by atoms with Crippen molar-refractivity contribution < 1.29 is 31.9 Å². The van der Waals surface area contributed by atoms with E-state index in [0.717, 1.165) is 0 Å². The van der Waals surface area contributed by atoms with E-state index >= 15 is 4.39 Å². The second-order valence-corrected chi connectivity index (χ2v) is 10.0. The second-order valence-electron chi connectivity index (χ2n) is 9.62. The number of alkyl halides is 3. The van der Waals surface area contributed by atoms with Gasteiger partial charge in [0, 0.05) is 36.3 Å². The number of anilines is 2. The van der Waals surface area contributed by atoms with Gasteiger partial charge in [-0.25, -0.2) is 13.8 Å². The molecule has 1 saturated heterocycles. The van der Waals surface area contributed by atoms with Crippen molar-refractivity contribution in [3.8, 4) is 0 Å². The molecule has 1 aromatic carbocycles. The summed E-state index contributed by atoms with van der Waals surface area (Å²) in [5, 5.41) is 19.3. The molecule has 13 heteroatoms. The zero-order chi connectivity index (χ0) is 27.8. The van der Waals surface area contributed by atoms with E-state index in [1.807, 2.05) is 4.90 Å². The van der Waals surface area contributed by atoms with Crippen molar-refractivity contribution in [2.45, 2.75) is 51.9 Å². The van der Waals surface area contributed by atoms with Crippen molar-refractivity contribution in [1.82, 2.24) is 20.1 Å². The number of hydrogen-bond acceptors (Lipinski definition) is 5. The molecule has 0 unspecified atom stereocenters. The van der Waals surface area contributed by atoms with Crippen molar-refractivity contribution in [3.63, 3.8) is 0 Å². The average Bonchev–Trinajstić information content (AvgIpc) is 3.24. The minimum absolute atomic E-state index is 0.00640. The lowest BCUT2D eigenvalue weighted by Crippen LogP contribution is -2.50. The largest absolute Gasteiger partial charge is 0.481 e. The summed E-state index contributed by atoms with van der Waals surface area (Å²) in [6.45, 7) is 3.78. The summed E-state index contributed by atoms with van der Waals surface area (Å²) in [5.41, 5.74) is -2.78. The van der Waals surface area contributed by atoms with Crippen LogP contribution in [0.1, 0.15) is 42.3 Å². The second kappa shape index (κ2) is 10.5.